The molecule has 0 aliphatic heterocycles. The van der Waals surface area contributed by atoms with Gasteiger partial charge in [-0.2, -0.15) is 5.10 Å². The summed E-state index contributed by atoms with van der Waals surface area (Å²) in [7, 11) is 1.84. The fourth-order valence-corrected chi connectivity index (χ4v) is 1.99. The number of nitrogens with zero attached hydrogens (tertiary/aromatic N) is 4. The third kappa shape index (κ3) is 1.77. The van der Waals surface area contributed by atoms with Crippen LogP contribution in [0.15, 0.2) is 12.4 Å². The van der Waals surface area contributed by atoms with Crippen LogP contribution in [0.1, 0.15) is 34.5 Å². The van der Waals surface area contributed by atoms with E-state index >= 15 is 0 Å². The maximum absolute atomic E-state index is 12.4. The Labute approximate surface area is 100 Å². The molecule has 2 aromatic heterocycles. The van der Waals surface area contributed by atoms with Crippen molar-refractivity contribution in [3.8, 4) is 0 Å². The number of ketones is 1. The molecule has 0 bridgehead atoms. The Bertz CT molecular complexity index is 565. The zero-order valence-electron chi connectivity index (χ0n) is 10.6. The number of rotatable bonds is 3. The molecule has 0 N–H and O–H groups in total. The molecule has 90 valence electrons. The molecule has 0 fully saturated rings. The summed E-state index contributed by atoms with van der Waals surface area (Å²) >= 11 is 0. The number of aromatic nitrogens is 4. The Morgan fingerprint density at radius 1 is 1.41 bits per heavy atom. The van der Waals surface area contributed by atoms with E-state index in [4.69, 9.17) is 0 Å². The number of imidazole rings is 1. The first-order chi connectivity index (χ1) is 8.06. The van der Waals surface area contributed by atoms with E-state index in [-0.39, 0.29) is 5.78 Å². The molecule has 0 unspecified atom stereocenters. The fourth-order valence-electron chi connectivity index (χ4n) is 1.99. The molecule has 17 heavy (non-hydrogen) atoms. The van der Waals surface area contributed by atoms with Gasteiger partial charge in [0.1, 0.15) is 0 Å². The molecule has 0 saturated heterocycles. The van der Waals surface area contributed by atoms with Gasteiger partial charge >= 0.3 is 0 Å². The molecule has 0 radical (unpaired) electrons. The summed E-state index contributed by atoms with van der Waals surface area (Å²) < 4.78 is 3.57. The Hall–Kier alpha value is -1.91. The van der Waals surface area contributed by atoms with Crippen molar-refractivity contribution >= 4 is 5.78 Å². The van der Waals surface area contributed by atoms with E-state index in [9.17, 15) is 4.79 Å². The van der Waals surface area contributed by atoms with Gasteiger partial charge in [0.05, 0.1) is 11.3 Å². The molecular formula is C12H16N4O. The molecule has 5 heteroatoms. The van der Waals surface area contributed by atoms with E-state index < -0.39 is 0 Å². The highest BCUT2D eigenvalue weighted by Crippen LogP contribution is 2.16. The van der Waals surface area contributed by atoms with Crippen molar-refractivity contribution in [3.63, 3.8) is 0 Å². The van der Waals surface area contributed by atoms with Crippen molar-refractivity contribution in [2.75, 3.05) is 0 Å². The SMILES string of the molecule is CCn1ccnc1C(=O)c1c(C)nn(C)c1C. The summed E-state index contributed by atoms with van der Waals surface area (Å²) in [5, 5.41) is 4.26. The molecule has 0 aromatic carbocycles. The van der Waals surface area contributed by atoms with Crippen LogP contribution in [0, 0.1) is 13.8 Å². The van der Waals surface area contributed by atoms with E-state index in [2.05, 4.69) is 10.1 Å². The molecule has 0 saturated carbocycles. The van der Waals surface area contributed by atoms with E-state index in [0.717, 1.165) is 17.9 Å². The average Bonchev–Trinajstić information content (AvgIpc) is 2.84. The van der Waals surface area contributed by atoms with Crippen molar-refractivity contribution in [2.24, 2.45) is 7.05 Å². The zero-order chi connectivity index (χ0) is 12.6. The Balaban J connectivity index is 2.51. The van der Waals surface area contributed by atoms with Crippen LogP contribution in [0.25, 0.3) is 0 Å². The summed E-state index contributed by atoms with van der Waals surface area (Å²) in [5.74, 6) is 0.423. The second kappa shape index (κ2) is 4.16. The maximum Gasteiger partial charge on any atom is 0.232 e. The minimum Gasteiger partial charge on any atom is -0.328 e. The fraction of sp³-hybridized carbons (Fsp3) is 0.417. The molecule has 0 spiro atoms. The van der Waals surface area contributed by atoms with Crippen molar-refractivity contribution in [2.45, 2.75) is 27.3 Å². The van der Waals surface area contributed by atoms with Crippen molar-refractivity contribution in [1.29, 1.82) is 0 Å². The largest absolute Gasteiger partial charge is 0.328 e. The smallest absolute Gasteiger partial charge is 0.232 e. The van der Waals surface area contributed by atoms with Crippen LogP contribution in [0.5, 0.6) is 0 Å². The van der Waals surface area contributed by atoms with Crippen LogP contribution in [-0.4, -0.2) is 25.1 Å². The second-order valence-electron chi connectivity index (χ2n) is 4.04. The zero-order valence-corrected chi connectivity index (χ0v) is 10.6. The summed E-state index contributed by atoms with van der Waals surface area (Å²) in [5.41, 5.74) is 2.28. The third-order valence-corrected chi connectivity index (χ3v) is 3.00. The molecule has 0 aliphatic carbocycles. The van der Waals surface area contributed by atoms with Crippen LogP contribution in [0.2, 0.25) is 0 Å². The summed E-state index contributed by atoms with van der Waals surface area (Å²) in [6.45, 7) is 6.47. The van der Waals surface area contributed by atoms with Gasteiger partial charge in [-0.25, -0.2) is 4.98 Å². The molecule has 2 heterocycles. The first-order valence-electron chi connectivity index (χ1n) is 5.62. The number of hydrogen-bond donors (Lipinski definition) is 0. The molecule has 0 atom stereocenters. The minimum atomic E-state index is -0.0556. The van der Waals surface area contributed by atoms with Crippen LogP contribution in [-0.2, 0) is 13.6 Å². The normalized spacial score (nSPS) is 10.8. The molecular weight excluding hydrogens is 216 g/mol. The topological polar surface area (TPSA) is 52.7 Å². The molecule has 0 aliphatic rings. The van der Waals surface area contributed by atoms with E-state index in [0.29, 0.717) is 11.4 Å². The lowest BCUT2D eigenvalue weighted by Gasteiger charge is -2.04. The van der Waals surface area contributed by atoms with Gasteiger partial charge in [-0.3, -0.25) is 9.48 Å². The van der Waals surface area contributed by atoms with Crippen molar-refractivity contribution in [1.82, 2.24) is 19.3 Å². The first kappa shape index (κ1) is 11.6. The summed E-state index contributed by atoms with van der Waals surface area (Å²) in [4.78, 5) is 16.5. The van der Waals surface area contributed by atoms with Crippen LogP contribution in [0.3, 0.4) is 0 Å². The molecule has 2 rings (SSSR count). The number of hydrogen-bond acceptors (Lipinski definition) is 3. The first-order valence-corrected chi connectivity index (χ1v) is 5.62. The van der Waals surface area contributed by atoms with E-state index in [1.165, 1.54) is 0 Å². The molecule has 2 aromatic rings. The number of aryl methyl sites for hydroxylation is 3. The quantitative estimate of drug-likeness (QED) is 0.753. The predicted molar refractivity (Wildman–Crippen MR) is 64.0 cm³/mol. The van der Waals surface area contributed by atoms with Gasteiger partial charge in [-0.15, -0.1) is 0 Å². The van der Waals surface area contributed by atoms with Gasteiger partial charge in [-0.05, 0) is 20.8 Å². The maximum atomic E-state index is 12.4. The second-order valence-corrected chi connectivity index (χ2v) is 4.04. The Kier molecular flexibility index (Phi) is 2.83. The van der Waals surface area contributed by atoms with Gasteiger partial charge in [-0.1, -0.05) is 0 Å². The van der Waals surface area contributed by atoms with Gasteiger partial charge < -0.3 is 4.57 Å². The van der Waals surface area contributed by atoms with Gasteiger partial charge in [0.25, 0.3) is 0 Å². The Morgan fingerprint density at radius 2 is 2.12 bits per heavy atom. The van der Waals surface area contributed by atoms with Gasteiger partial charge in [0.2, 0.25) is 5.78 Å². The lowest BCUT2D eigenvalue weighted by molar-refractivity contribution is 0.102. The van der Waals surface area contributed by atoms with Crippen LogP contribution >= 0.6 is 0 Å². The van der Waals surface area contributed by atoms with Gasteiger partial charge in [0, 0.05) is 31.7 Å². The van der Waals surface area contributed by atoms with Crippen LogP contribution in [0.4, 0.5) is 0 Å². The highest BCUT2D eigenvalue weighted by atomic mass is 16.1. The highest BCUT2D eigenvalue weighted by molar-refractivity contribution is 6.08. The van der Waals surface area contributed by atoms with E-state index in [1.54, 1.807) is 10.9 Å². The highest BCUT2D eigenvalue weighted by Gasteiger charge is 2.22. The minimum absolute atomic E-state index is 0.0556. The Morgan fingerprint density at radius 3 is 2.65 bits per heavy atom. The predicted octanol–water partition coefficient (Wildman–Crippen LogP) is 1.48. The number of carbonyl (C=O) groups is 1. The number of carbonyl (C=O) groups excluding carboxylic acids is 1. The van der Waals surface area contributed by atoms with Crippen molar-refractivity contribution < 1.29 is 4.79 Å². The van der Waals surface area contributed by atoms with Gasteiger partial charge in [0.15, 0.2) is 5.82 Å². The van der Waals surface area contributed by atoms with Crippen molar-refractivity contribution in [3.05, 3.63) is 35.2 Å². The standard InChI is InChI=1S/C12H16N4O/c1-5-16-7-6-13-12(16)11(17)10-8(2)14-15(4)9(10)3/h6-7H,5H2,1-4H3. The van der Waals surface area contributed by atoms with E-state index in [1.807, 2.05) is 38.6 Å². The lowest BCUT2D eigenvalue weighted by atomic mass is 10.1. The van der Waals surface area contributed by atoms with Crippen LogP contribution < -0.4 is 0 Å². The molecule has 5 nitrogen and oxygen atoms in total. The lowest BCUT2D eigenvalue weighted by Crippen LogP contribution is -2.12. The summed E-state index contributed by atoms with van der Waals surface area (Å²) in [6, 6.07) is 0. The monoisotopic (exact) mass is 232 g/mol. The average molecular weight is 232 g/mol. The summed E-state index contributed by atoms with van der Waals surface area (Å²) in [6.07, 6.45) is 3.46. The molecule has 0 amide bonds. The third-order valence-electron chi connectivity index (χ3n) is 3.00.